The zero-order chi connectivity index (χ0) is 40.2. The first-order chi connectivity index (χ1) is 25.8. The number of nitrogens with one attached hydrogen (secondary N) is 1. The van der Waals surface area contributed by atoms with Crippen molar-refractivity contribution in [3.63, 3.8) is 0 Å². The SMILES string of the molecule is COC1[C@@H](COP([O-])(=S)OP(=O)([O-])OP(=O)([O-])OC[C@H]2O[C@@H]([n+]3cn(C)c4c(=O)[nH]c(N(C)C)nc43)C(O)[C@H]2O)O[C@@H](n2cnc3c(N)ncnc32)[C@H]1OC. The van der Waals surface area contributed by atoms with E-state index in [2.05, 4.69) is 49.9 Å². The van der Waals surface area contributed by atoms with Crippen LogP contribution in [0.5, 0.6) is 0 Å². The zero-order valence-corrected chi connectivity index (χ0v) is 32.8. The molecule has 5 N–H and O–H groups in total. The molecule has 2 fully saturated rings. The van der Waals surface area contributed by atoms with Gasteiger partial charge in [0.2, 0.25) is 11.7 Å². The van der Waals surface area contributed by atoms with Gasteiger partial charge < -0.3 is 63.5 Å². The van der Waals surface area contributed by atoms with Gasteiger partial charge in [-0.2, -0.15) is 0 Å². The van der Waals surface area contributed by atoms with E-state index in [0.29, 0.717) is 0 Å². The summed E-state index contributed by atoms with van der Waals surface area (Å²) in [7, 11) is -4.54. The van der Waals surface area contributed by atoms with Crippen LogP contribution in [0.25, 0.3) is 22.3 Å². The van der Waals surface area contributed by atoms with Crippen LogP contribution in [0.4, 0.5) is 11.8 Å². The molecule has 11 atom stereocenters. The summed E-state index contributed by atoms with van der Waals surface area (Å²) in [6, 6.07) is 0. The lowest BCUT2D eigenvalue weighted by atomic mass is 10.1. The molecule has 30 heteroatoms. The number of phosphoric ester groups is 1. The number of nitrogens with two attached hydrogens (primary N) is 1. The molecule has 0 aliphatic carbocycles. The zero-order valence-electron chi connectivity index (χ0n) is 29.3. The van der Waals surface area contributed by atoms with Gasteiger partial charge in [0.15, 0.2) is 24.0 Å². The second-order valence-corrected chi connectivity index (χ2v) is 18.1. The molecule has 304 valence electrons. The van der Waals surface area contributed by atoms with Crippen molar-refractivity contribution >= 4 is 68.3 Å². The number of methoxy groups -OCH3 is 2. The number of aliphatic hydroxyl groups excluding tert-OH is 2. The number of fused-ring (bicyclic) bond motifs is 2. The summed E-state index contributed by atoms with van der Waals surface area (Å²) >= 11 is 4.68. The standard InChI is InChI=1S/C25H37N10O16P3S/c1-32(2)25-30-21-14(22(38)31-25)33(3)10-35(21)23-16(37)15(36)11(48-23)6-46-52(39,40)50-53(41,42)51-54(43,55)47-7-12-17(44-4)18(45-5)24(49-12)34-9-29-13-19(26)27-8-28-20(13)34/h8-12,15-18,23-24,36-37H,6-7H2,1-5H3,(H5-,26,27,28,30,31,38,39,40,41,42,43,55)/p-2/t11-,12-,15+,16?,17?,18+,23-,24-,54?/m1/s1. The fourth-order valence-electron chi connectivity index (χ4n) is 6.03. The summed E-state index contributed by atoms with van der Waals surface area (Å²) in [5.74, 6) is 0.263. The topological polar surface area (TPSA) is 345 Å². The number of rotatable bonds is 15. The Morgan fingerprint density at radius 3 is 2.38 bits per heavy atom. The summed E-state index contributed by atoms with van der Waals surface area (Å²) < 4.78 is 69.9. The number of hydrogen-bond acceptors (Lipinski definition) is 23. The number of nitrogens with zero attached hydrogens (tertiary/aromatic N) is 8. The quantitative estimate of drug-likeness (QED) is 0.0657. The van der Waals surface area contributed by atoms with E-state index in [1.165, 1.54) is 58.9 Å². The summed E-state index contributed by atoms with van der Waals surface area (Å²) in [4.78, 5) is 71.4. The Balaban J connectivity index is 1.07. The van der Waals surface area contributed by atoms with Gasteiger partial charge in [0.05, 0.1) is 26.6 Å². The van der Waals surface area contributed by atoms with E-state index >= 15 is 0 Å². The number of ether oxygens (including phenoxy) is 4. The largest absolute Gasteiger partial charge is 0.779 e. The van der Waals surface area contributed by atoms with Gasteiger partial charge in [-0.15, -0.1) is 0 Å². The Morgan fingerprint density at radius 1 is 1.02 bits per heavy atom. The Kier molecular flexibility index (Phi) is 12.0. The summed E-state index contributed by atoms with van der Waals surface area (Å²) in [5, 5.41) is 21.4. The highest BCUT2D eigenvalue weighted by atomic mass is 32.5. The van der Waals surface area contributed by atoms with Crippen LogP contribution in [0.1, 0.15) is 12.5 Å². The van der Waals surface area contributed by atoms with Gasteiger partial charge >= 0.3 is 5.65 Å². The van der Waals surface area contributed by atoms with Gasteiger partial charge in [0.1, 0.15) is 55.2 Å². The number of H-pyrrole nitrogens is 1. The van der Waals surface area contributed by atoms with Crippen LogP contribution in [0, 0.1) is 0 Å². The van der Waals surface area contributed by atoms with Crippen LogP contribution < -0.4 is 35.4 Å². The third-order valence-electron chi connectivity index (χ3n) is 8.48. The molecule has 2 aliphatic heterocycles. The van der Waals surface area contributed by atoms with Crippen LogP contribution in [-0.2, 0) is 64.6 Å². The van der Waals surface area contributed by atoms with Crippen molar-refractivity contribution in [1.82, 2.24) is 34.1 Å². The minimum Gasteiger partial charge on any atom is -0.779 e. The van der Waals surface area contributed by atoms with Gasteiger partial charge in [-0.3, -0.25) is 32.4 Å². The van der Waals surface area contributed by atoms with Crippen LogP contribution in [0.3, 0.4) is 0 Å². The Labute approximate surface area is 314 Å². The highest BCUT2D eigenvalue weighted by Crippen LogP contribution is 2.63. The van der Waals surface area contributed by atoms with Crippen molar-refractivity contribution in [2.24, 2.45) is 7.05 Å². The first kappa shape index (κ1) is 41.7. The summed E-state index contributed by atoms with van der Waals surface area (Å²) in [6.45, 7) is -6.86. The lowest BCUT2D eigenvalue weighted by Gasteiger charge is -2.37. The highest BCUT2D eigenvalue weighted by Gasteiger charge is 2.49. The number of aromatic nitrogens is 8. The maximum atomic E-state index is 12.9. The molecular formula is C25H35N10O16P3S-2. The molecule has 0 radical (unpaired) electrons. The van der Waals surface area contributed by atoms with Crippen LogP contribution in [-0.4, -0.2) is 122 Å². The molecule has 2 saturated heterocycles. The highest BCUT2D eigenvalue weighted by molar-refractivity contribution is 8.07. The van der Waals surface area contributed by atoms with Crippen molar-refractivity contribution in [2.75, 3.05) is 52.2 Å². The van der Waals surface area contributed by atoms with Crippen molar-refractivity contribution < 1.29 is 75.2 Å². The van der Waals surface area contributed by atoms with E-state index in [1.807, 2.05) is 0 Å². The van der Waals surface area contributed by atoms with Gasteiger partial charge in [-0.05, 0) is 0 Å². The molecule has 0 spiro atoms. The van der Waals surface area contributed by atoms with Crippen LogP contribution >= 0.6 is 22.4 Å². The Hall–Kier alpha value is -2.91. The summed E-state index contributed by atoms with van der Waals surface area (Å²) in [5.41, 5.74) is 6.04. The number of hydrogen-bond donors (Lipinski definition) is 4. The molecule has 4 aromatic rings. The maximum absolute atomic E-state index is 12.9. The second-order valence-electron chi connectivity index (χ2n) is 12.3. The summed E-state index contributed by atoms with van der Waals surface area (Å²) in [6.07, 6.45) is -6.42. The molecule has 55 heavy (non-hydrogen) atoms. The van der Waals surface area contributed by atoms with Gasteiger partial charge in [-0.1, -0.05) is 16.8 Å². The first-order valence-corrected chi connectivity index (χ1v) is 21.2. The molecule has 26 nitrogen and oxygen atoms in total. The predicted octanol–water partition coefficient (Wildman–Crippen LogP) is -3.83. The molecular weight excluding hydrogens is 821 g/mol. The van der Waals surface area contributed by atoms with Crippen molar-refractivity contribution in [2.45, 2.75) is 49.1 Å². The second kappa shape index (κ2) is 15.8. The van der Waals surface area contributed by atoms with Crippen molar-refractivity contribution in [3.05, 3.63) is 29.3 Å². The fraction of sp³-hybridized carbons (Fsp3) is 0.600. The van der Waals surface area contributed by atoms with E-state index < -0.39 is 90.2 Å². The van der Waals surface area contributed by atoms with Gasteiger partial charge in [0, 0.05) is 28.3 Å². The monoisotopic (exact) mass is 856 g/mol. The number of imidazole rings is 2. The van der Waals surface area contributed by atoms with Crippen molar-refractivity contribution in [3.8, 4) is 0 Å². The Morgan fingerprint density at radius 2 is 1.71 bits per heavy atom. The van der Waals surface area contributed by atoms with Crippen LogP contribution in [0.15, 0.2) is 23.8 Å². The van der Waals surface area contributed by atoms with Crippen LogP contribution in [0.2, 0.25) is 0 Å². The Bertz CT molecular complexity index is 2260. The molecule has 0 aromatic carbocycles. The number of aliphatic hydroxyl groups is 2. The van der Waals surface area contributed by atoms with Gasteiger partial charge in [0.25, 0.3) is 27.2 Å². The number of nitrogen functional groups attached to an aromatic ring is 1. The molecule has 4 aromatic heterocycles. The number of aromatic amines is 1. The van der Waals surface area contributed by atoms with E-state index in [9.17, 15) is 38.8 Å². The fourth-order valence-corrected chi connectivity index (χ4v) is 10.3. The minimum atomic E-state index is -6.09. The van der Waals surface area contributed by atoms with E-state index in [-0.39, 0.29) is 34.1 Å². The number of phosphoric acid groups is 2. The normalized spacial score (nSPS) is 29.1. The average molecular weight is 857 g/mol. The third-order valence-corrected chi connectivity index (χ3v) is 13.5. The lowest BCUT2D eigenvalue weighted by Crippen LogP contribution is -2.46. The predicted molar refractivity (Wildman–Crippen MR) is 181 cm³/mol. The maximum Gasteiger partial charge on any atom is 0.313 e. The van der Waals surface area contributed by atoms with E-state index in [4.69, 9.17) is 29.2 Å². The third kappa shape index (κ3) is 8.54. The lowest BCUT2D eigenvalue weighted by molar-refractivity contribution is -0.745. The number of aryl methyl sites for hydroxylation is 1. The average Bonchev–Trinajstić information content (AvgIpc) is 3.84. The molecule has 0 bridgehead atoms. The molecule has 0 amide bonds. The molecule has 6 heterocycles. The van der Waals surface area contributed by atoms with E-state index in [0.717, 1.165) is 0 Å². The molecule has 6 rings (SSSR count). The smallest absolute Gasteiger partial charge is 0.313 e. The van der Waals surface area contributed by atoms with Crippen molar-refractivity contribution in [1.29, 1.82) is 0 Å². The van der Waals surface area contributed by atoms with Gasteiger partial charge in [-0.25, -0.2) is 23.8 Å². The number of anilines is 2. The molecule has 0 saturated carbocycles. The van der Waals surface area contributed by atoms with E-state index in [1.54, 1.807) is 14.1 Å². The minimum absolute atomic E-state index is 0.0497. The molecule has 5 unspecified atom stereocenters. The molecule has 2 aliphatic rings. The first-order valence-electron chi connectivity index (χ1n) is 15.7.